The van der Waals surface area contributed by atoms with Crippen LogP contribution in [0.25, 0.3) is 0 Å². The lowest BCUT2D eigenvalue weighted by Crippen LogP contribution is -2.12. The van der Waals surface area contributed by atoms with Crippen molar-refractivity contribution >= 4 is 11.8 Å². The Morgan fingerprint density at radius 2 is 2.05 bits per heavy atom. The number of aryl methyl sites for hydroxylation is 1. The Bertz CT molecular complexity index is 571. The molecular formula is C12H20N6OS. The number of rotatable bonds is 5. The summed E-state index contributed by atoms with van der Waals surface area (Å²) in [7, 11) is 0. The van der Waals surface area contributed by atoms with Gasteiger partial charge in [-0.05, 0) is 6.92 Å². The molecule has 0 aliphatic rings. The van der Waals surface area contributed by atoms with Gasteiger partial charge in [0.05, 0.1) is 5.75 Å². The highest BCUT2D eigenvalue weighted by molar-refractivity contribution is 7.98. The molecule has 0 bridgehead atoms. The summed E-state index contributed by atoms with van der Waals surface area (Å²) in [6.45, 7) is 9.30. The highest BCUT2D eigenvalue weighted by Crippen LogP contribution is 2.23. The fraction of sp³-hybridized carbons (Fsp3) is 0.667. The molecule has 8 heteroatoms. The maximum absolute atomic E-state index is 5.59. The average Bonchev–Trinajstić information content (AvgIpc) is 2.96. The zero-order valence-electron chi connectivity index (χ0n) is 12.3. The highest BCUT2D eigenvalue weighted by atomic mass is 32.2. The lowest BCUT2D eigenvalue weighted by Gasteiger charge is -2.10. The Hall–Kier alpha value is -1.41. The lowest BCUT2D eigenvalue weighted by molar-refractivity contribution is 0.319. The van der Waals surface area contributed by atoms with Crippen LogP contribution in [0.3, 0.4) is 0 Å². The van der Waals surface area contributed by atoms with Crippen molar-refractivity contribution in [1.29, 1.82) is 0 Å². The fourth-order valence-electron chi connectivity index (χ4n) is 1.60. The number of nitrogens with two attached hydrogens (primary N) is 1. The van der Waals surface area contributed by atoms with Crippen molar-refractivity contribution in [3.63, 3.8) is 0 Å². The van der Waals surface area contributed by atoms with E-state index >= 15 is 0 Å². The number of thioether (sulfide) groups is 1. The number of hydrogen-bond donors (Lipinski definition) is 1. The fourth-order valence-corrected chi connectivity index (χ4v) is 2.45. The molecule has 2 N–H and O–H groups in total. The normalized spacial score (nSPS) is 12.1. The molecule has 0 radical (unpaired) electrons. The molecule has 0 aliphatic heterocycles. The van der Waals surface area contributed by atoms with E-state index in [1.807, 2.05) is 32.3 Å². The van der Waals surface area contributed by atoms with Gasteiger partial charge in [0.15, 0.2) is 11.0 Å². The van der Waals surface area contributed by atoms with Crippen molar-refractivity contribution in [2.75, 3.05) is 6.54 Å². The van der Waals surface area contributed by atoms with Crippen molar-refractivity contribution in [2.45, 2.75) is 50.6 Å². The van der Waals surface area contributed by atoms with Gasteiger partial charge in [-0.1, -0.05) is 37.7 Å². The van der Waals surface area contributed by atoms with Crippen molar-refractivity contribution < 1.29 is 4.52 Å². The Morgan fingerprint density at radius 1 is 1.30 bits per heavy atom. The summed E-state index contributed by atoms with van der Waals surface area (Å²) in [5, 5.41) is 13.0. The Balaban J connectivity index is 2.04. The Morgan fingerprint density at radius 3 is 2.65 bits per heavy atom. The minimum Gasteiger partial charge on any atom is -0.339 e. The van der Waals surface area contributed by atoms with Gasteiger partial charge in [0.25, 0.3) is 0 Å². The summed E-state index contributed by atoms with van der Waals surface area (Å²) >= 11 is 1.53. The molecule has 2 aromatic rings. The van der Waals surface area contributed by atoms with Crippen LogP contribution in [0.1, 0.15) is 38.3 Å². The molecule has 2 heterocycles. The summed E-state index contributed by atoms with van der Waals surface area (Å²) in [4.78, 5) is 4.40. The van der Waals surface area contributed by atoms with E-state index in [2.05, 4.69) is 20.3 Å². The molecule has 2 rings (SSSR count). The van der Waals surface area contributed by atoms with Crippen LogP contribution in [0.5, 0.6) is 0 Å². The third-order valence-electron chi connectivity index (χ3n) is 2.69. The molecule has 20 heavy (non-hydrogen) atoms. The highest BCUT2D eigenvalue weighted by Gasteiger charge is 2.22. The van der Waals surface area contributed by atoms with Crippen LogP contribution >= 0.6 is 11.8 Å². The van der Waals surface area contributed by atoms with Gasteiger partial charge < -0.3 is 14.8 Å². The molecule has 2 aromatic heterocycles. The summed E-state index contributed by atoms with van der Waals surface area (Å²) in [6.07, 6.45) is 0. The SMILES string of the molecule is Cc1nnc(SCc2noc(C(C)(C)C)n2)n1CCN. The van der Waals surface area contributed by atoms with E-state index in [9.17, 15) is 0 Å². The molecule has 0 aromatic carbocycles. The first-order valence-corrected chi connectivity index (χ1v) is 7.46. The summed E-state index contributed by atoms with van der Waals surface area (Å²) in [6, 6.07) is 0. The van der Waals surface area contributed by atoms with Crippen LogP contribution in [-0.2, 0) is 17.7 Å². The van der Waals surface area contributed by atoms with Gasteiger partial charge in [-0.2, -0.15) is 4.98 Å². The Kier molecular flexibility index (Phi) is 4.44. The topological polar surface area (TPSA) is 95.6 Å². The quantitative estimate of drug-likeness (QED) is 0.835. The third kappa shape index (κ3) is 3.37. The van der Waals surface area contributed by atoms with Crippen molar-refractivity contribution in [2.24, 2.45) is 5.73 Å². The molecule has 0 spiro atoms. The molecule has 0 aliphatic carbocycles. The van der Waals surface area contributed by atoms with E-state index in [1.54, 1.807) is 0 Å². The molecular weight excluding hydrogens is 276 g/mol. The van der Waals surface area contributed by atoms with Gasteiger partial charge in [-0.3, -0.25) is 0 Å². The van der Waals surface area contributed by atoms with Crippen molar-refractivity contribution in [3.05, 3.63) is 17.5 Å². The third-order valence-corrected chi connectivity index (χ3v) is 3.66. The minimum absolute atomic E-state index is 0.133. The first-order valence-electron chi connectivity index (χ1n) is 6.47. The summed E-state index contributed by atoms with van der Waals surface area (Å²) in [5.41, 5.74) is 5.46. The van der Waals surface area contributed by atoms with Crippen LogP contribution in [0, 0.1) is 6.92 Å². The summed E-state index contributed by atoms with van der Waals surface area (Å²) < 4.78 is 7.26. The lowest BCUT2D eigenvalue weighted by atomic mass is 9.97. The van der Waals surface area contributed by atoms with Crippen LogP contribution in [-0.4, -0.2) is 31.4 Å². The van der Waals surface area contributed by atoms with Gasteiger partial charge in [-0.15, -0.1) is 10.2 Å². The molecule has 0 saturated heterocycles. The predicted molar refractivity (Wildman–Crippen MR) is 76.4 cm³/mol. The average molecular weight is 296 g/mol. The van der Waals surface area contributed by atoms with E-state index in [4.69, 9.17) is 10.3 Å². The second-order valence-electron chi connectivity index (χ2n) is 5.52. The van der Waals surface area contributed by atoms with Crippen molar-refractivity contribution in [3.8, 4) is 0 Å². The second-order valence-corrected chi connectivity index (χ2v) is 6.47. The van der Waals surface area contributed by atoms with Gasteiger partial charge >= 0.3 is 0 Å². The predicted octanol–water partition coefficient (Wildman–Crippen LogP) is 1.52. The van der Waals surface area contributed by atoms with Gasteiger partial charge in [0.2, 0.25) is 5.89 Å². The monoisotopic (exact) mass is 296 g/mol. The van der Waals surface area contributed by atoms with Gasteiger partial charge in [0.1, 0.15) is 5.82 Å². The molecule has 0 unspecified atom stereocenters. The number of aromatic nitrogens is 5. The molecule has 0 amide bonds. The van der Waals surface area contributed by atoms with Crippen LogP contribution in [0.15, 0.2) is 9.68 Å². The second kappa shape index (κ2) is 5.92. The van der Waals surface area contributed by atoms with E-state index in [-0.39, 0.29) is 5.41 Å². The van der Waals surface area contributed by atoms with E-state index < -0.39 is 0 Å². The van der Waals surface area contributed by atoms with Crippen LogP contribution in [0.4, 0.5) is 0 Å². The number of hydrogen-bond acceptors (Lipinski definition) is 7. The summed E-state index contributed by atoms with van der Waals surface area (Å²) in [5.74, 6) is 2.77. The standard InChI is InChI=1S/C12H20N6OS/c1-8-15-16-11(18(8)6-5-13)20-7-9-14-10(19-17-9)12(2,3)4/h5-7,13H2,1-4H3. The molecule has 0 atom stereocenters. The van der Waals surface area contributed by atoms with E-state index in [0.29, 0.717) is 30.6 Å². The maximum atomic E-state index is 5.59. The van der Waals surface area contributed by atoms with Gasteiger partial charge in [0, 0.05) is 18.5 Å². The maximum Gasteiger partial charge on any atom is 0.232 e. The molecule has 0 fully saturated rings. The zero-order valence-corrected chi connectivity index (χ0v) is 13.1. The van der Waals surface area contributed by atoms with Crippen molar-refractivity contribution in [1.82, 2.24) is 24.9 Å². The van der Waals surface area contributed by atoms with E-state index in [0.717, 1.165) is 11.0 Å². The van der Waals surface area contributed by atoms with Gasteiger partial charge in [-0.25, -0.2) is 0 Å². The molecule has 0 saturated carbocycles. The molecule has 110 valence electrons. The zero-order chi connectivity index (χ0) is 14.8. The van der Waals surface area contributed by atoms with Crippen LogP contribution < -0.4 is 5.73 Å². The minimum atomic E-state index is -0.133. The molecule has 7 nitrogen and oxygen atoms in total. The Labute approximate surface area is 122 Å². The smallest absolute Gasteiger partial charge is 0.232 e. The van der Waals surface area contributed by atoms with Crippen LogP contribution in [0.2, 0.25) is 0 Å². The number of nitrogens with zero attached hydrogens (tertiary/aromatic N) is 5. The largest absolute Gasteiger partial charge is 0.339 e. The first-order chi connectivity index (χ1) is 9.41. The first kappa shape index (κ1) is 15.0. The van der Waals surface area contributed by atoms with E-state index in [1.165, 1.54) is 11.8 Å².